The van der Waals surface area contributed by atoms with Crippen LogP contribution in [0.15, 0.2) is 17.8 Å². The zero-order valence-electron chi connectivity index (χ0n) is 9.34. The average molecular weight is 216 g/mol. The Kier molecular flexibility index (Phi) is 2.43. The van der Waals surface area contributed by atoms with Gasteiger partial charge in [0.05, 0.1) is 5.57 Å². The quantitative estimate of drug-likeness (QED) is 0.784. The molecule has 2 nitrogen and oxygen atoms in total. The molecule has 0 saturated carbocycles. The number of hydrogen-bond acceptors (Lipinski definition) is 2. The molecule has 2 rings (SSSR count). The SMILES string of the molecule is CC(C)c1ccc(F)c2c1CC(N)=C2C#N. The van der Waals surface area contributed by atoms with Gasteiger partial charge < -0.3 is 5.73 Å². The monoisotopic (exact) mass is 216 g/mol. The summed E-state index contributed by atoms with van der Waals surface area (Å²) < 4.78 is 13.7. The standard InChI is InChI=1S/C13H13FN2/c1-7(2)8-3-4-11(14)13-9(8)5-12(16)10(13)6-15/h3-4,7H,5,16H2,1-2H3. The third-order valence-electron chi connectivity index (χ3n) is 2.97. The molecule has 0 atom stereocenters. The summed E-state index contributed by atoms with van der Waals surface area (Å²) in [4.78, 5) is 0. The Balaban J connectivity index is 2.70. The molecular weight excluding hydrogens is 203 g/mol. The summed E-state index contributed by atoms with van der Waals surface area (Å²) in [6.45, 7) is 4.10. The predicted octanol–water partition coefficient (Wildman–Crippen LogP) is 2.70. The second-order valence-corrected chi connectivity index (χ2v) is 4.33. The zero-order chi connectivity index (χ0) is 11.9. The van der Waals surface area contributed by atoms with Crippen molar-refractivity contribution in [1.82, 2.24) is 0 Å². The van der Waals surface area contributed by atoms with Crippen molar-refractivity contribution in [3.8, 4) is 6.07 Å². The molecule has 0 unspecified atom stereocenters. The molecule has 0 aliphatic heterocycles. The van der Waals surface area contributed by atoms with Crippen molar-refractivity contribution in [2.24, 2.45) is 5.73 Å². The summed E-state index contributed by atoms with van der Waals surface area (Å²) in [5, 5.41) is 8.98. The van der Waals surface area contributed by atoms with Gasteiger partial charge in [-0.25, -0.2) is 4.39 Å². The van der Waals surface area contributed by atoms with Gasteiger partial charge in [0.15, 0.2) is 0 Å². The van der Waals surface area contributed by atoms with Crippen LogP contribution >= 0.6 is 0 Å². The smallest absolute Gasteiger partial charge is 0.132 e. The van der Waals surface area contributed by atoms with Gasteiger partial charge in [0.25, 0.3) is 0 Å². The lowest BCUT2D eigenvalue weighted by molar-refractivity contribution is 0.621. The fourth-order valence-electron chi connectivity index (χ4n) is 2.20. The van der Waals surface area contributed by atoms with Crippen molar-refractivity contribution in [2.75, 3.05) is 0 Å². The molecule has 2 N–H and O–H groups in total. The first-order valence-electron chi connectivity index (χ1n) is 5.26. The maximum absolute atomic E-state index is 13.7. The minimum Gasteiger partial charge on any atom is -0.401 e. The van der Waals surface area contributed by atoms with Gasteiger partial charge in [0, 0.05) is 17.7 Å². The van der Waals surface area contributed by atoms with E-state index in [2.05, 4.69) is 0 Å². The molecule has 1 aliphatic rings. The Morgan fingerprint density at radius 3 is 2.69 bits per heavy atom. The number of allylic oxidation sites excluding steroid dienone is 2. The first kappa shape index (κ1) is 10.7. The highest BCUT2D eigenvalue weighted by Crippen LogP contribution is 2.36. The van der Waals surface area contributed by atoms with Gasteiger partial charge in [-0.1, -0.05) is 19.9 Å². The summed E-state index contributed by atoms with van der Waals surface area (Å²) in [6, 6.07) is 5.20. The second kappa shape index (κ2) is 3.64. The topological polar surface area (TPSA) is 49.8 Å². The van der Waals surface area contributed by atoms with Crippen molar-refractivity contribution in [1.29, 1.82) is 5.26 Å². The average Bonchev–Trinajstić information content (AvgIpc) is 2.55. The third-order valence-corrected chi connectivity index (χ3v) is 2.97. The van der Waals surface area contributed by atoms with Crippen LogP contribution in [0.5, 0.6) is 0 Å². The maximum Gasteiger partial charge on any atom is 0.132 e. The number of hydrogen-bond donors (Lipinski definition) is 1. The van der Waals surface area contributed by atoms with E-state index in [1.165, 1.54) is 6.07 Å². The van der Waals surface area contributed by atoms with E-state index in [1.807, 2.05) is 19.9 Å². The number of nitrogens with zero attached hydrogens (tertiary/aromatic N) is 1. The van der Waals surface area contributed by atoms with Crippen molar-refractivity contribution in [3.63, 3.8) is 0 Å². The number of fused-ring (bicyclic) bond motifs is 1. The van der Waals surface area contributed by atoms with Crippen molar-refractivity contribution in [3.05, 3.63) is 40.3 Å². The first-order chi connectivity index (χ1) is 7.56. The molecular formula is C13H13FN2. The molecule has 0 heterocycles. The highest BCUT2D eigenvalue weighted by Gasteiger charge is 2.26. The van der Waals surface area contributed by atoms with Crippen LogP contribution in [0.3, 0.4) is 0 Å². The minimum atomic E-state index is -0.351. The van der Waals surface area contributed by atoms with Crippen LogP contribution in [0.2, 0.25) is 0 Å². The fraction of sp³-hybridized carbons (Fsp3) is 0.308. The van der Waals surface area contributed by atoms with E-state index in [0.717, 1.165) is 11.1 Å². The lowest BCUT2D eigenvalue weighted by Crippen LogP contribution is -2.00. The molecule has 0 saturated heterocycles. The zero-order valence-corrected chi connectivity index (χ0v) is 9.34. The number of nitriles is 1. The molecule has 0 aromatic heterocycles. The lowest BCUT2D eigenvalue weighted by atomic mass is 9.93. The molecule has 0 amide bonds. The molecule has 1 aromatic carbocycles. The number of rotatable bonds is 1. The van der Waals surface area contributed by atoms with Crippen molar-refractivity contribution in [2.45, 2.75) is 26.2 Å². The molecule has 1 aliphatic carbocycles. The van der Waals surface area contributed by atoms with Crippen LogP contribution < -0.4 is 5.73 Å². The van der Waals surface area contributed by atoms with Gasteiger partial charge in [0.2, 0.25) is 0 Å². The summed E-state index contributed by atoms with van der Waals surface area (Å²) >= 11 is 0. The normalized spacial score (nSPS) is 14.2. The van der Waals surface area contributed by atoms with Crippen LogP contribution in [0.1, 0.15) is 36.5 Å². The van der Waals surface area contributed by atoms with E-state index in [-0.39, 0.29) is 5.82 Å². The molecule has 0 spiro atoms. The predicted molar refractivity (Wildman–Crippen MR) is 60.9 cm³/mol. The van der Waals surface area contributed by atoms with Crippen LogP contribution in [0, 0.1) is 17.1 Å². The summed E-state index contributed by atoms with van der Waals surface area (Å²) in [6.07, 6.45) is 0.490. The number of nitrogens with two attached hydrogens (primary N) is 1. The minimum absolute atomic E-state index is 0.301. The van der Waals surface area contributed by atoms with Crippen LogP contribution in [0.25, 0.3) is 5.57 Å². The second-order valence-electron chi connectivity index (χ2n) is 4.33. The molecule has 0 radical (unpaired) electrons. The Morgan fingerprint density at radius 2 is 2.12 bits per heavy atom. The van der Waals surface area contributed by atoms with Gasteiger partial charge in [-0.05, 0) is 23.1 Å². The molecule has 1 aromatic rings. The van der Waals surface area contributed by atoms with Crippen molar-refractivity contribution < 1.29 is 4.39 Å². The highest BCUT2D eigenvalue weighted by molar-refractivity contribution is 5.85. The maximum atomic E-state index is 13.7. The number of halogens is 1. The van der Waals surface area contributed by atoms with Gasteiger partial charge in [-0.15, -0.1) is 0 Å². The highest BCUT2D eigenvalue weighted by atomic mass is 19.1. The van der Waals surface area contributed by atoms with Crippen LogP contribution in [-0.2, 0) is 6.42 Å². The molecule has 3 heteroatoms. The van der Waals surface area contributed by atoms with E-state index >= 15 is 0 Å². The Hall–Kier alpha value is -1.82. The van der Waals surface area contributed by atoms with E-state index < -0.39 is 0 Å². The Morgan fingerprint density at radius 1 is 1.44 bits per heavy atom. The Labute approximate surface area is 94.2 Å². The molecule has 16 heavy (non-hydrogen) atoms. The van der Waals surface area contributed by atoms with E-state index in [1.54, 1.807) is 6.07 Å². The van der Waals surface area contributed by atoms with Gasteiger partial charge in [0.1, 0.15) is 11.9 Å². The van der Waals surface area contributed by atoms with Crippen LogP contribution in [0.4, 0.5) is 4.39 Å². The lowest BCUT2D eigenvalue weighted by Gasteiger charge is -2.12. The third kappa shape index (κ3) is 1.38. The largest absolute Gasteiger partial charge is 0.401 e. The fourth-order valence-corrected chi connectivity index (χ4v) is 2.20. The molecule has 0 fully saturated rings. The van der Waals surface area contributed by atoms with Crippen LogP contribution in [-0.4, -0.2) is 0 Å². The summed E-state index contributed by atoms with van der Waals surface area (Å²) in [7, 11) is 0. The van der Waals surface area contributed by atoms with Gasteiger partial charge in [-0.3, -0.25) is 0 Å². The van der Waals surface area contributed by atoms with Gasteiger partial charge in [-0.2, -0.15) is 5.26 Å². The molecule has 0 bridgehead atoms. The van der Waals surface area contributed by atoms with Gasteiger partial charge >= 0.3 is 0 Å². The Bertz CT molecular complexity index is 521. The van der Waals surface area contributed by atoms with E-state index in [9.17, 15) is 4.39 Å². The van der Waals surface area contributed by atoms with E-state index in [0.29, 0.717) is 29.2 Å². The molecule has 82 valence electrons. The summed E-state index contributed by atoms with van der Waals surface area (Å²) in [5.41, 5.74) is 8.91. The van der Waals surface area contributed by atoms with Crippen molar-refractivity contribution >= 4 is 5.57 Å². The van der Waals surface area contributed by atoms with E-state index in [4.69, 9.17) is 11.0 Å². The first-order valence-corrected chi connectivity index (χ1v) is 5.26. The number of benzene rings is 1. The summed E-state index contributed by atoms with van der Waals surface area (Å²) in [5.74, 6) is -0.0448.